The first-order valence-electron chi connectivity index (χ1n) is 10.2. The van der Waals surface area contributed by atoms with Gasteiger partial charge < -0.3 is 24.8 Å². The second-order valence-corrected chi connectivity index (χ2v) is 9.34. The fourth-order valence-corrected chi connectivity index (χ4v) is 5.73. The Balaban J connectivity index is 1.99. The van der Waals surface area contributed by atoms with Gasteiger partial charge >= 0.3 is 5.97 Å². The summed E-state index contributed by atoms with van der Waals surface area (Å²) >= 11 is 0. The number of fused-ring (bicyclic) bond motifs is 3. The van der Waals surface area contributed by atoms with Gasteiger partial charge in [-0.15, -0.1) is 0 Å². The summed E-state index contributed by atoms with van der Waals surface area (Å²) in [5.74, 6) is -0.595. The number of aliphatic hydroxyl groups is 3. The molecule has 0 aromatic carbocycles. The van der Waals surface area contributed by atoms with E-state index in [0.717, 1.165) is 25.7 Å². The maximum Gasteiger partial charge on any atom is 0.306 e. The minimum atomic E-state index is -1.68. The van der Waals surface area contributed by atoms with Crippen molar-refractivity contribution in [3.8, 4) is 0 Å². The molecule has 154 valence electrons. The zero-order valence-electron chi connectivity index (χ0n) is 16.9. The first kappa shape index (κ1) is 20.8. The zero-order valence-corrected chi connectivity index (χ0v) is 16.9. The highest BCUT2D eigenvalue weighted by Crippen LogP contribution is 2.63. The summed E-state index contributed by atoms with van der Waals surface area (Å²) in [7, 11) is 0. The van der Waals surface area contributed by atoms with E-state index in [4.69, 9.17) is 9.47 Å². The van der Waals surface area contributed by atoms with Crippen LogP contribution in [0.5, 0.6) is 0 Å². The highest BCUT2D eigenvalue weighted by Gasteiger charge is 2.71. The van der Waals surface area contributed by atoms with Crippen molar-refractivity contribution in [2.75, 3.05) is 6.61 Å². The molecule has 3 N–H and O–H groups in total. The molecular formula is C21H34O6. The Morgan fingerprint density at radius 3 is 2.67 bits per heavy atom. The van der Waals surface area contributed by atoms with Gasteiger partial charge in [-0.3, -0.25) is 4.79 Å². The van der Waals surface area contributed by atoms with Crippen molar-refractivity contribution in [1.82, 2.24) is 0 Å². The average molecular weight is 382 g/mol. The normalized spacial score (nSPS) is 42.9. The summed E-state index contributed by atoms with van der Waals surface area (Å²) in [5.41, 5.74) is -2.55. The molecule has 0 aromatic rings. The Kier molecular flexibility index (Phi) is 5.49. The summed E-state index contributed by atoms with van der Waals surface area (Å²) in [6, 6.07) is 0. The molecule has 6 nitrogen and oxygen atoms in total. The van der Waals surface area contributed by atoms with Gasteiger partial charge in [-0.05, 0) is 36.3 Å². The van der Waals surface area contributed by atoms with Crippen LogP contribution in [-0.4, -0.2) is 52.0 Å². The molecule has 6 heteroatoms. The maximum absolute atomic E-state index is 12.4. The Morgan fingerprint density at radius 2 is 2.00 bits per heavy atom. The number of ether oxygens (including phenoxy) is 2. The van der Waals surface area contributed by atoms with Gasteiger partial charge in [0.2, 0.25) is 0 Å². The molecule has 1 heterocycles. The van der Waals surface area contributed by atoms with Gasteiger partial charge in [0.05, 0.1) is 12.7 Å². The van der Waals surface area contributed by atoms with E-state index < -0.39 is 29.5 Å². The second-order valence-electron chi connectivity index (χ2n) is 9.34. The van der Waals surface area contributed by atoms with E-state index in [0.29, 0.717) is 18.4 Å². The minimum absolute atomic E-state index is 0.0665. The molecule has 2 fully saturated rings. The molecule has 0 amide bonds. The highest BCUT2D eigenvalue weighted by atomic mass is 16.6. The molecule has 0 aromatic heterocycles. The van der Waals surface area contributed by atoms with Crippen LogP contribution in [0.2, 0.25) is 0 Å². The number of rotatable bonds is 5. The van der Waals surface area contributed by atoms with Crippen molar-refractivity contribution in [1.29, 1.82) is 0 Å². The largest absolute Gasteiger partial charge is 0.458 e. The fourth-order valence-electron chi connectivity index (χ4n) is 5.73. The third kappa shape index (κ3) is 3.05. The van der Waals surface area contributed by atoms with Gasteiger partial charge in [0.15, 0.2) is 6.29 Å². The lowest BCUT2D eigenvalue weighted by molar-refractivity contribution is -0.272. The summed E-state index contributed by atoms with van der Waals surface area (Å²) in [5, 5.41) is 32.9. The van der Waals surface area contributed by atoms with Crippen molar-refractivity contribution >= 4 is 5.97 Å². The Labute approximate surface area is 161 Å². The number of hydrogen-bond acceptors (Lipinski definition) is 6. The molecule has 1 aliphatic heterocycles. The van der Waals surface area contributed by atoms with Crippen LogP contribution in [-0.2, 0) is 14.3 Å². The van der Waals surface area contributed by atoms with Gasteiger partial charge in [-0.1, -0.05) is 40.5 Å². The van der Waals surface area contributed by atoms with E-state index in [1.54, 1.807) is 13.0 Å². The number of aliphatic hydroxyl groups excluding tert-OH is 2. The lowest BCUT2D eigenvalue weighted by atomic mass is 9.45. The summed E-state index contributed by atoms with van der Waals surface area (Å²) in [6.07, 6.45) is 3.38. The van der Waals surface area contributed by atoms with Gasteiger partial charge in [0.1, 0.15) is 11.7 Å². The molecule has 27 heavy (non-hydrogen) atoms. The van der Waals surface area contributed by atoms with E-state index in [9.17, 15) is 20.1 Å². The first-order chi connectivity index (χ1) is 12.6. The molecule has 1 saturated heterocycles. The van der Waals surface area contributed by atoms with E-state index in [-0.39, 0.29) is 23.9 Å². The molecule has 0 bridgehead atoms. The lowest BCUT2D eigenvalue weighted by Crippen LogP contribution is -2.70. The van der Waals surface area contributed by atoms with Gasteiger partial charge in [-0.25, -0.2) is 0 Å². The molecule has 1 saturated carbocycles. The van der Waals surface area contributed by atoms with Crippen LogP contribution in [0.25, 0.3) is 0 Å². The topological polar surface area (TPSA) is 96.2 Å². The summed E-state index contributed by atoms with van der Waals surface area (Å²) < 4.78 is 11.2. The molecule has 3 rings (SSSR count). The van der Waals surface area contributed by atoms with Crippen molar-refractivity contribution in [2.45, 2.75) is 90.3 Å². The molecule has 6 atom stereocenters. The van der Waals surface area contributed by atoms with E-state index in [1.807, 2.05) is 0 Å². The van der Waals surface area contributed by atoms with E-state index in [1.165, 1.54) is 0 Å². The predicted molar refractivity (Wildman–Crippen MR) is 99.6 cm³/mol. The van der Waals surface area contributed by atoms with Gasteiger partial charge in [0, 0.05) is 17.8 Å². The van der Waals surface area contributed by atoms with Crippen LogP contribution in [0.4, 0.5) is 0 Å². The van der Waals surface area contributed by atoms with Gasteiger partial charge in [-0.2, -0.15) is 0 Å². The van der Waals surface area contributed by atoms with Crippen molar-refractivity contribution < 1.29 is 29.6 Å². The molecule has 0 spiro atoms. The second kappa shape index (κ2) is 7.14. The molecular weight excluding hydrogens is 348 g/mol. The van der Waals surface area contributed by atoms with Crippen LogP contribution >= 0.6 is 0 Å². The number of carbonyl (C=O) groups excluding carboxylic acids is 1. The first-order valence-corrected chi connectivity index (χ1v) is 10.2. The molecule has 0 radical (unpaired) electrons. The number of unbranched alkanes of at least 4 members (excludes halogenated alkanes) is 2. The standard InChI is InChI=1S/C21H34O6/c1-5-6-7-8-16(23)27-14-11-13-12-26-18(24)21(13,25)20(4)15(22)9-10-19(2,3)17(14)20/h11,14-15,17-18,22,24-25H,5-10,12H2,1-4H3/t14-,15+,17+,18+,20-,21+/m1/s1. The third-order valence-electron chi connectivity index (χ3n) is 7.25. The van der Waals surface area contributed by atoms with Crippen molar-refractivity contribution in [2.24, 2.45) is 16.7 Å². The number of hydrogen-bond donors (Lipinski definition) is 3. The lowest BCUT2D eigenvalue weighted by Gasteiger charge is -2.62. The van der Waals surface area contributed by atoms with Gasteiger partial charge in [0.25, 0.3) is 0 Å². The zero-order chi connectivity index (χ0) is 20.0. The minimum Gasteiger partial charge on any atom is -0.458 e. The van der Waals surface area contributed by atoms with Crippen LogP contribution in [0, 0.1) is 16.7 Å². The Hall–Kier alpha value is -0.950. The average Bonchev–Trinajstić information content (AvgIpc) is 2.88. The predicted octanol–water partition coefficient (Wildman–Crippen LogP) is 2.30. The van der Waals surface area contributed by atoms with Crippen LogP contribution in [0.1, 0.15) is 66.2 Å². The molecule has 0 unspecified atom stereocenters. The van der Waals surface area contributed by atoms with Crippen molar-refractivity contribution in [3.63, 3.8) is 0 Å². The SMILES string of the molecule is CCCCCC(=O)O[C@@H]1C=C2CO[C@H](O)[C@]2(O)[C@]2(C)[C@@H](O)CCC(C)(C)[C@H]12. The van der Waals surface area contributed by atoms with Crippen molar-refractivity contribution in [3.05, 3.63) is 11.6 Å². The molecule has 3 aliphatic rings. The smallest absolute Gasteiger partial charge is 0.306 e. The monoisotopic (exact) mass is 382 g/mol. The Bertz CT molecular complexity index is 614. The molecule has 2 aliphatic carbocycles. The summed E-state index contributed by atoms with van der Waals surface area (Å²) in [6.45, 7) is 8.10. The van der Waals surface area contributed by atoms with Crippen LogP contribution in [0.15, 0.2) is 11.6 Å². The maximum atomic E-state index is 12.4. The highest BCUT2D eigenvalue weighted by molar-refractivity contribution is 5.70. The third-order valence-corrected chi connectivity index (χ3v) is 7.25. The summed E-state index contributed by atoms with van der Waals surface area (Å²) in [4.78, 5) is 12.4. The van der Waals surface area contributed by atoms with Crippen LogP contribution in [0.3, 0.4) is 0 Å². The van der Waals surface area contributed by atoms with E-state index >= 15 is 0 Å². The van der Waals surface area contributed by atoms with E-state index in [2.05, 4.69) is 20.8 Å². The quantitative estimate of drug-likeness (QED) is 0.384. The number of esters is 1. The Morgan fingerprint density at radius 1 is 1.30 bits per heavy atom. The fraction of sp³-hybridized carbons (Fsp3) is 0.857. The van der Waals surface area contributed by atoms with Crippen LogP contribution < -0.4 is 0 Å². The number of carbonyl (C=O) groups is 1.